The summed E-state index contributed by atoms with van der Waals surface area (Å²) in [5.74, 6) is 1.12. The summed E-state index contributed by atoms with van der Waals surface area (Å²) in [5.41, 5.74) is 1.86. The number of halogens is 1. The van der Waals surface area contributed by atoms with Crippen molar-refractivity contribution in [3.8, 4) is 22.8 Å². The number of benzene rings is 2. The summed E-state index contributed by atoms with van der Waals surface area (Å²) in [5, 5.41) is 10.5. The van der Waals surface area contributed by atoms with Crippen molar-refractivity contribution in [2.45, 2.75) is 13.0 Å². The van der Waals surface area contributed by atoms with E-state index < -0.39 is 0 Å². The van der Waals surface area contributed by atoms with Gasteiger partial charge in [-0.3, -0.25) is 4.79 Å². The van der Waals surface area contributed by atoms with Gasteiger partial charge < -0.3 is 20.1 Å². The fourth-order valence-corrected chi connectivity index (χ4v) is 3.01. The molecule has 9 heteroatoms. The number of ether oxygens (including phenoxy) is 2. The molecule has 2 aromatic carbocycles. The molecule has 1 heterocycles. The third-order valence-corrected chi connectivity index (χ3v) is 4.75. The number of aryl methyl sites for hydroxylation is 1. The molecule has 31 heavy (non-hydrogen) atoms. The number of carbonyl (C=O) groups excluding carboxylic acids is 1. The van der Waals surface area contributed by atoms with E-state index >= 15 is 0 Å². The largest absolute Gasteiger partial charge is 0.497 e. The van der Waals surface area contributed by atoms with E-state index in [-0.39, 0.29) is 11.6 Å². The topological polar surface area (TPSA) is 94.5 Å². The molecule has 0 unspecified atom stereocenters. The molecule has 0 aliphatic carbocycles. The average Bonchev–Trinajstić information content (AvgIpc) is 2.78. The molecule has 1 aromatic heterocycles. The predicted molar refractivity (Wildman–Crippen MR) is 120 cm³/mol. The highest BCUT2D eigenvalue weighted by atomic mass is 35.5. The van der Waals surface area contributed by atoms with Crippen LogP contribution >= 0.6 is 11.6 Å². The molecule has 0 saturated carbocycles. The van der Waals surface area contributed by atoms with E-state index in [0.717, 1.165) is 5.56 Å². The van der Waals surface area contributed by atoms with Crippen LogP contribution in [0.1, 0.15) is 6.42 Å². The summed E-state index contributed by atoms with van der Waals surface area (Å²) in [7, 11) is 3.07. The van der Waals surface area contributed by atoms with Crippen LogP contribution in [0.2, 0.25) is 5.02 Å². The number of rotatable bonds is 8. The number of nitrogens with zero attached hydrogens (tertiary/aromatic N) is 2. The Morgan fingerprint density at radius 3 is 2.55 bits per heavy atom. The molecule has 0 atom stereocenters. The third-order valence-electron chi connectivity index (χ3n) is 4.50. The van der Waals surface area contributed by atoms with E-state index in [1.54, 1.807) is 43.5 Å². The van der Waals surface area contributed by atoms with Gasteiger partial charge in [0.15, 0.2) is 0 Å². The first-order valence-electron chi connectivity index (χ1n) is 9.61. The second kappa shape index (κ2) is 10.5. The molecule has 0 aliphatic heterocycles. The third kappa shape index (κ3) is 5.99. The van der Waals surface area contributed by atoms with Crippen molar-refractivity contribution >= 4 is 23.3 Å². The van der Waals surface area contributed by atoms with Crippen molar-refractivity contribution < 1.29 is 14.3 Å². The van der Waals surface area contributed by atoms with Crippen LogP contribution in [-0.2, 0) is 6.54 Å². The summed E-state index contributed by atoms with van der Waals surface area (Å²) in [6.45, 7) is 0.732. The molecule has 8 nitrogen and oxygen atoms in total. The average molecular weight is 443 g/mol. The van der Waals surface area contributed by atoms with E-state index in [2.05, 4.69) is 15.7 Å². The van der Waals surface area contributed by atoms with Gasteiger partial charge in [0.05, 0.1) is 25.6 Å². The van der Waals surface area contributed by atoms with Crippen LogP contribution < -0.4 is 25.7 Å². The van der Waals surface area contributed by atoms with Crippen molar-refractivity contribution in [3.05, 3.63) is 70.0 Å². The number of urea groups is 1. The molecular formula is C22H23ClN4O4. The zero-order valence-corrected chi connectivity index (χ0v) is 18.0. The zero-order chi connectivity index (χ0) is 22.2. The van der Waals surface area contributed by atoms with Crippen molar-refractivity contribution in [1.82, 2.24) is 15.1 Å². The van der Waals surface area contributed by atoms with E-state index in [1.165, 1.54) is 17.9 Å². The van der Waals surface area contributed by atoms with Crippen LogP contribution in [0.5, 0.6) is 11.5 Å². The van der Waals surface area contributed by atoms with Crippen LogP contribution in [0.25, 0.3) is 11.3 Å². The van der Waals surface area contributed by atoms with E-state index in [9.17, 15) is 9.59 Å². The van der Waals surface area contributed by atoms with Crippen molar-refractivity contribution in [2.24, 2.45) is 0 Å². The standard InChI is InChI=1S/C22H23ClN4O4/c1-30-17-8-9-19(20(14-17)31-2)25-22(29)24-12-3-13-27-21(28)11-10-18(26-27)15-4-6-16(23)7-5-15/h4-11,14H,3,12-13H2,1-2H3,(H2,24,25,29). The van der Waals surface area contributed by atoms with Crippen molar-refractivity contribution in [1.29, 1.82) is 0 Å². The van der Waals surface area contributed by atoms with Gasteiger partial charge in [-0.15, -0.1) is 0 Å². The van der Waals surface area contributed by atoms with Crippen LogP contribution in [0.3, 0.4) is 0 Å². The summed E-state index contributed by atoms with van der Waals surface area (Å²) in [6.07, 6.45) is 0.532. The lowest BCUT2D eigenvalue weighted by atomic mass is 10.1. The molecule has 0 saturated heterocycles. The maximum Gasteiger partial charge on any atom is 0.319 e. The first-order valence-corrected chi connectivity index (χ1v) is 9.99. The molecular weight excluding hydrogens is 420 g/mol. The highest BCUT2D eigenvalue weighted by Gasteiger charge is 2.09. The van der Waals surface area contributed by atoms with Gasteiger partial charge in [-0.05, 0) is 36.8 Å². The van der Waals surface area contributed by atoms with Crippen molar-refractivity contribution in [3.63, 3.8) is 0 Å². The van der Waals surface area contributed by atoms with E-state index in [4.69, 9.17) is 21.1 Å². The van der Waals surface area contributed by atoms with Gasteiger partial charge in [0.25, 0.3) is 5.56 Å². The molecule has 0 aliphatic rings. The van der Waals surface area contributed by atoms with Crippen LogP contribution in [0.15, 0.2) is 59.4 Å². The normalized spacial score (nSPS) is 10.4. The number of carbonyl (C=O) groups is 1. The number of nitrogens with one attached hydrogen (secondary N) is 2. The minimum atomic E-state index is -0.376. The Balaban J connectivity index is 1.54. The maximum atomic E-state index is 12.2. The van der Waals surface area contributed by atoms with E-state index in [1.807, 2.05) is 12.1 Å². The second-order valence-electron chi connectivity index (χ2n) is 6.59. The second-order valence-corrected chi connectivity index (χ2v) is 7.02. The Labute approximate surface area is 184 Å². The monoisotopic (exact) mass is 442 g/mol. The van der Waals surface area contributed by atoms with Crippen LogP contribution in [-0.4, -0.2) is 36.6 Å². The number of hydrogen-bond donors (Lipinski definition) is 2. The predicted octanol–water partition coefficient (Wildman–Crippen LogP) is 3.79. The Hall–Kier alpha value is -3.52. The summed E-state index contributed by atoms with van der Waals surface area (Å²) < 4.78 is 11.8. The molecule has 0 radical (unpaired) electrons. The van der Waals surface area contributed by atoms with Crippen molar-refractivity contribution in [2.75, 3.05) is 26.1 Å². The van der Waals surface area contributed by atoms with Gasteiger partial charge in [0.1, 0.15) is 11.5 Å². The lowest BCUT2D eigenvalue weighted by molar-refractivity contribution is 0.251. The Bertz CT molecular complexity index is 1100. The molecule has 0 spiro atoms. The van der Waals surface area contributed by atoms with E-state index in [0.29, 0.717) is 47.4 Å². The SMILES string of the molecule is COc1ccc(NC(=O)NCCCn2nc(-c3ccc(Cl)cc3)ccc2=O)c(OC)c1. The molecule has 3 rings (SSSR count). The molecule has 162 valence electrons. The molecule has 2 amide bonds. The first-order chi connectivity index (χ1) is 15.0. The summed E-state index contributed by atoms with van der Waals surface area (Å²) in [6, 6.07) is 15.1. The van der Waals surface area contributed by atoms with Gasteiger partial charge in [0, 0.05) is 35.8 Å². The number of amides is 2. The highest BCUT2D eigenvalue weighted by molar-refractivity contribution is 6.30. The molecule has 0 fully saturated rings. The Morgan fingerprint density at radius 2 is 1.84 bits per heavy atom. The van der Waals surface area contributed by atoms with Gasteiger partial charge in [-0.2, -0.15) is 5.10 Å². The number of hydrogen-bond acceptors (Lipinski definition) is 5. The summed E-state index contributed by atoms with van der Waals surface area (Å²) >= 11 is 5.92. The summed E-state index contributed by atoms with van der Waals surface area (Å²) in [4.78, 5) is 24.3. The molecule has 2 N–H and O–H groups in total. The van der Waals surface area contributed by atoms with Gasteiger partial charge in [-0.1, -0.05) is 23.7 Å². The van der Waals surface area contributed by atoms with Gasteiger partial charge in [0.2, 0.25) is 0 Å². The number of aromatic nitrogens is 2. The fourth-order valence-electron chi connectivity index (χ4n) is 2.88. The van der Waals surface area contributed by atoms with Crippen LogP contribution in [0, 0.1) is 0 Å². The van der Waals surface area contributed by atoms with Gasteiger partial charge >= 0.3 is 6.03 Å². The molecule has 0 bridgehead atoms. The first kappa shape index (κ1) is 22.2. The smallest absolute Gasteiger partial charge is 0.319 e. The lowest BCUT2D eigenvalue weighted by Crippen LogP contribution is -2.31. The molecule has 3 aromatic rings. The highest BCUT2D eigenvalue weighted by Crippen LogP contribution is 2.28. The zero-order valence-electron chi connectivity index (χ0n) is 17.2. The minimum absolute atomic E-state index is 0.204. The van der Waals surface area contributed by atoms with Gasteiger partial charge in [-0.25, -0.2) is 9.48 Å². The number of methoxy groups -OCH3 is 2. The lowest BCUT2D eigenvalue weighted by Gasteiger charge is -2.12. The Morgan fingerprint density at radius 1 is 1.06 bits per heavy atom. The van der Waals surface area contributed by atoms with Crippen LogP contribution in [0.4, 0.5) is 10.5 Å². The Kier molecular flexibility index (Phi) is 7.50. The number of anilines is 1. The fraction of sp³-hybridized carbons (Fsp3) is 0.227. The quantitative estimate of drug-likeness (QED) is 0.517. The maximum absolute atomic E-state index is 12.2. The minimum Gasteiger partial charge on any atom is -0.497 e.